The second-order valence-electron chi connectivity index (χ2n) is 3.01. The van der Waals surface area contributed by atoms with Gasteiger partial charge in [-0.2, -0.15) is 5.10 Å². The van der Waals surface area contributed by atoms with E-state index in [0.717, 1.165) is 17.8 Å². The summed E-state index contributed by atoms with van der Waals surface area (Å²) in [4.78, 5) is 10.7. The standard InChI is InChI=1S/C9H15N3O/c1-4-12-6-9(7(2)11-12)5-10-8(3)13/h6H,4-5H2,1-3H3,(H,10,13). The Morgan fingerprint density at radius 3 is 2.85 bits per heavy atom. The van der Waals surface area contributed by atoms with E-state index in [9.17, 15) is 4.79 Å². The van der Waals surface area contributed by atoms with Crippen LogP contribution in [0.2, 0.25) is 0 Å². The normalized spacial score (nSPS) is 10.1. The number of hydrogen-bond acceptors (Lipinski definition) is 2. The van der Waals surface area contributed by atoms with Crippen molar-refractivity contribution in [2.45, 2.75) is 33.9 Å². The molecule has 4 heteroatoms. The van der Waals surface area contributed by atoms with E-state index in [2.05, 4.69) is 10.4 Å². The van der Waals surface area contributed by atoms with Crippen LogP contribution in [0.3, 0.4) is 0 Å². The lowest BCUT2D eigenvalue weighted by molar-refractivity contribution is -0.119. The number of nitrogens with one attached hydrogen (secondary N) is 1. The molecule has 0 atom stereocenters. The SMILES string of the molecule is CCn1cc(CNC(C)=O)c(C)n1. The first-order valence-corrected chi connectivity index (χ1v) is 4.41. The Morgan fingerprint density at radius 2 is 2.38 bits per heavy atom. The molecule has 0 aliphatic carbocycles. The van der Waals surface area contributed by atoms with Crippen LogP contribution < -0.4 is 5.32 Å². The highest BCUT2D eigenvalue weighted by atomic mass is 16.1. The van der Waals surface area contributed by atoms with Crippen LogP contribution in [-0.4, -0.2) is 15.7 Å². The first kappa shape index (κ1) is 9.77. The van der Waals surface area contributed by atoms with E-state index in [0.29, 0.717) is 6.54 Å². The molecule has 0 unspecified atom stereocenters. The molecule has 0 bridgehead atoms. The Morgan fingerprint density at radius 1 is 1.69 bits per heavy atom. The van der Waals surface area contributed by atoms with Gasteiger partial charge in [-0.1, -0.05) is 0 Å². The molecule has 0 aliphatic heterocycles. The van der Waals surface area contributed by atoms with Crippen molar-refractivity contribution in [2.24, 2.45) is 0 Å². The lowest BCUT2D eigenvalue weighted by atomic mass is 10.2. The maximum Gasteiger partial charge on any atom is 0.217 e. The van der Waals surface area contributed by atoms with Crippen molar-refractivity contribution in [2.75, 3.05) is 0 Å². The van der Waals surface area contributed by atoms with Gasteiger partial charge in [-0.05, 0) is 13.8 Å². The van der Waals surface area contributed by atoms with E-state index in [1.165, 1.54) is 6.92 Å². The Hall–Kier alpha value is -1.32. The molecule has 1 aromatic rings. The molecular formula is C9H15N3O. The summed E-state index contributed by atoms with van der Waals surface area (Å²) in [5.41, 5.74) is 2.06. The molecule has 13 heavy (non-hydrogen) atoms. The highest BCUT2D eigenvalue weighted by Gasteiger charge is 2.03. The van der Waals surface area contributed by atoms with Crippen molar-refractivity contribution in [3.05, 3.63) is 17.5 Å². The van der Waals surface area contributed by atoms with Crippen LogP contribution in [-0.2, 0) is 17.9 Å². The van der Waals surface area contributed by atoms with E-state index in [1.54, 1.807) is 0 Å². The molecular weight excluding hydrogens is 166 g/mol. The highest BCUT2D eigenvalue weighted by Crippen LogP contribution is 2.04. The summed E-state index contributed by atoms with van der Waals surface area (Å²) >= 11 is 0. The fraction of sp³-hybridized carbons (Fsp3) is 0.556. The first-order valence-electron chi connectivity index (χ1n) is 4.41. The van der Waals surface area contributed by atoms with Gasteiger partial charge in [0, 0.05) is 31.8 Å². The Bertz CT molecular complexity index is 304. The molecule has 1 aromatic heterocycles. The monoisotopic (exact) mass is 181 g/mol. The van der Waals surface area contributed by atoms with Crippen LogP contribution in [0.5, 0.6) is 0 Å². The van der Waals surface area contributed by atoms with Crippen LogP contribution in [0.4, 0.5) is 0 Å². The topological polar surface area (TPSA) is 46.9 Å². The van der Waals surface area contributed by atoms with E-state index in [1.807, 2.05) is 24.7 Å². The van der Waals surface area contributed by atoms with E-state index < -0.39 is 0 Å². The third kappa shape index (κ3) is 2.57. The maximum atomic E-state index is 10.7. The zero-order chi connectivity index (χ0) is 9.84. The zero-order valence-electron chi connectivity index (χ0n) is 8.29. The number of nitrogens with zero attached hydrogens (tertiary/aromatic N) is 2. The molecule has 0 saturated heterocycles. The average Bonchev–Trinajstić information content (AvgIpc) is 2.43. The predicted molar refractivity (Wildman–Crippen MR) is 50.2 cm³/mol. The molecule has 0 aromatic carbocycles. The number of amides is 1. The van der Waals surface area contributed by atoms with Crippen LogP contribution in [0, 0.1) is 6.92 Å². The summed E-state index contributed by atoms with van der Waals surface area (Å²) in [5, 5.41) is 7.02. The van der Waals surface area contributed by atoms with Crippen molar-refractivity contribution >= 4 is 5.91 Å². The molecule has 72 valence electrons. The van der Waals surface area contributed by atoms with Crippen molar-refractivity contribution in [3.63, 3.8) is 0 Å². The minimum atomic E-state index is -0.0105. The minimum absolute atomic E-state index is 0.0105. The fourth-order valence-corrected chi connectivity index (χ4v) is 1.11. The molecule has 0 radical (unpaired) electrons. The van der Waals surface area contributed by atoms with Gasteiger partial charge in [-0.15, -0.1) is 0 Å². The minimum Gasteiger partial charge on any atom is -0.352 e. The van der Waals surface area contributed by atoms with Gasteiger partial charge in [0.1, 0.15) is 0 Å². The molecule has 0 spiro atoms. The van der Waals surface area contributed by atoms with Gasteiger partial charge in [-0.3, -0.25) is 9.48 Å². The summed E-state index contributed by atoms with van der Waals surface area (Å²) in [6.45, 7) is 6.93. The molecule has 0 fully saturated rings. The molecule has 1 amide bonds. The van der Waals surface area contributed by atoms with Crippen LogP contribution in [0.15, 0.2) is 6.20 Å². The highest BCUT2D eigenvalue weighted by molar-refractivity contribution is 5.72. The van der Waals surface area contributed by atoms with Gasteiger partial charge in [0.25, 0.3) is 0 Å². The number of rotatable bonds is 3. The summed E-state index contributed by atoms with van der Waals surface area (Å²) in [7, 11) is 0. The Balaban J connectivity index is 2.65. The lowest BCUT2D eigenvalue weighted by Gasteiger charge is -1.98. The lowest BCUT2D eigenvalue weighted by Crippen LogP contribution is -2.19. The third-order valence-electron chi connectivity index (χ3n) is 1.90. The van der Waals surface area contributed by atoms with Gasteiger partial charge in [0.15, 0.2) is 0 Å². The largest absolute Gasteiger partial charge is 0.352 e. The van der Waals surface area contributed by atoms with E-state index in [-0.39, 0.29) is 5.91 Å². The molecule has 4 nitrogen and oxygen atoms in total. The van der Waals surface area contributed by atoms with Crippen LogP contribution in [0.25, 0.3) is 0 Å². The number of aromatic nitrogens is 2. The number of carbonyl (C=O) groups is 1. The number of aryl methyl sites for hydroxylation is 2. The number of carbonyl (C=O) groups excluding carboxylic acids is 1. The first-order chi connectivity index (χ1) is 6.13. The van der Waals surface area contributed by atoms with E-state index >= 15 is 0 Å². The molecule has 1 N–H and O–H groups in total. The molecule has 1 rings (SSSR count). The molecule has 1 heterocycles. The van der Waals surface area contributed by atoms with Gasteiger partial charge in [0.2, 0.25) is 5.91 Å². The summed E-state index contributed by atoms with van der Waals surface area (Å²) < 4.78 is 1.87. The Labute approximate surface area is 77.9 Å². The Kier molecular flexibility index (Phi) is 3.06. The summed E-state index contributed by atoms with van der Waals surface area (Å²) in [5.74, 6) is -0.0105. The summed E-state index contributed by atoms with van der Waals surface area (Å²) in [6, 6.07) is 0. The van der Waals surface area contributed by atoms with Gasteiger partial charge < -0.3 is 5.32 Å². The van der Waals surface area contributed by atoms with Gasteiger partial charge in [-0.25, -0.2) is 0 Å². The van der Waals surface area contributed by atoms with Crippen molar-refractivity contribution in [1.29, 1.82) is 0 Å². The number of hydrogen-bond donors (Lipinski definition) is 1. The second-order valence-corrected chi connectivity index (χ2v) is 3.01. The van der Waals surface area contributed by atoms with Crippen LogP contribution in [0.1, 0.15) is 25.1 Å². The second kappa shape index (κ2) is 4.07. The molecule has 0 aliphatic rings. The van der Waals surface area contributed by atoms with Crippen molar-refractivity contribution < 1.29 is 4.79 Å². The van der Waals surface area contributed by atoms with Crippen LogP contribution >= 0.6 is 0 Å². The van der Waals surface area contributed by atoms with Gasteiger partial charge in [0.05, 0.1) is 5.69 Å². The maximum absolute atomic E-state index is 10.7. The van der Waals surface area contributed by atoms with Crippen molar-refractivity contribution in [3.8, 4) is 0 Å². The van der Waals surface area contributed by atoms with Crippen molar-refractivity contribution in [1.82, 2.24) is 15.1 Å². The van der Waals surface area contributed by atoms with E-state index in [4.69, 9.17) is 0 Å². The fourth-order valence-electron chi connectivity index (χ4n) is 1.11. The zero-order valence-corrected chi connectivity index (χ0v) is 8.29. The summed E-state index contributed by atoms with van der Waals surface area (Å²) in [6.07, 6.45) is 1.96. The average molecular weight is 181 g/mol. The third-order valence-corrected chi connectivity index (χ3v) is 1.90. The molecule has 0 saturated carbocycles. The predicted octanol–water partition coefficient (Wildman–Crippen LogP) is 0.848. The quantitative estimate of drug-likeness (QED) is 0.751. The van der Waals surface area contributed by atoms with Gasteiger partial charge >= 0.3 is 0 Å². The smallest absolute Gasteiger partial charge is 0.217 e.